The molecular formula is C39H37N5O7S. The summed E-state index contributed by atoms with van der Waals surface area (Å²) in [6.45, 7) is 7.33. The molecule has 0 amide bonds. The van der Waals surface area contributed by atoms with E-state index in [0.717, 1.165) is 45.6 Å². The van der Waals surface area contributed by atoms with Crippen LogP contribution in [0.25, 0.3) is 29.3 Å². The molecule has 0 radical (unpaired) electrons. The Hall–Kier alpha value is -5.92. The zero-order valence-electron chi connectivity index (χ0n) is 28.9. The van der Waals surface area contributed by atoms with Crippen LogP contribution in [0.3, 0.4) is 0 Å². The van der Waals surface area contributed by atoms with Crippen LogP contribution in [0, 0.1) is 13.8 Å². The van der Waals surface area contributed by atoms with Crippen LogP contribution in [0.4, 0.5) is 5.13 Å². The van der Waals surface area contributed by atoms with Crippen LogP contribution < -0.4 is 19.1 Å². The van der Waals surface area contributed by atoms with Crippen molar-refractivity contribution in [3.63, 3.8) is 0 Å². The molecule has 1 saturated heterocycles. The van der Waals surface area contributed by atoms with Crippen LogP contribution in [0.1, 0.15) is 43.5 Å². The third-order valence-electron chi connectivity index (χ3n) is 8.47. The van der Waals surface area contributed by atoms with Gasteiger partial charge in [-0.15, -0.1) is 16.4 Å². The predicted molar refractivity (Wildman–Crippen MR) is 198 cm³/mol. The Bertz CT molecular complexity index is 2200. The number of oxazole rings is 1. The van der Waals surface area contributed by atoms with Gasteiger partial charge in [-0.1, -0.05) is 30.3 Å². The molecule has 0 atom stereocenters. The molecule has 1 aliphatic rings. The van der Waals surface area contributed by atoms with Crippen molar-refractivity contribution in [1.82, 2.24) is 19.7 Å². The number of aromatic nitrogens is 4. The normalized spacial score (nSPS) is 13.1. The van der Waals surface area contributed by atoms with Gasteiger partial charge in [0.15, 0.2) is 16.6 Å². The van der Waals surface area contributed by atoms with Crippen molar-refractivity contribution in [2.24, 2.45) is 0 Å². The number of methoxy groups -OCH3 is 1. The molecule has 1 aliphatic heterocycles. The minimum absolute atomic E-state index is 0.124. The third-order valence-corrected chi connectivity index (χ3v) is 9.52. The molecule has 7 rings (SSSR count). The number of anilines is 1. The van der Waals surface area contributed by atoms with Gasteiger partial charge in [0, 0.05) is 29.7 Å². The van der Waals surface area contributed by atoms with Crippen molar-refractivity contribution in [2.45, 2.75) is 27.1 Å². The number of hydrogen-bond acceptors (Lipinski definition) is 11. The fraction of sp³-hybridized carbons (Fsp3) is 0.231. The molecule has 266 valence electrons. The monoisotopic (exact) mass is 719 g/mol. The summed E-state index contributed by atoms with van der Waals surface area (Å²) in [5.74, 6) is 1.40. The number of thiazole rings is 1. The van der Waals surface area contributed by atoms with Crippen LogP contribution in [-0.4, -0.2) is 64.2 Å². The zero-order chi connectivity index (χ0) is 36.0. The van der Waals surface area contributed by atoms with Crippen molar-refractivity contribution in [2.75, 3.05) is 38.3 Å². The summed E-state index contributed by atoms with van der Waals surface area (Å²) in [5.41, 5.74) is 4.81. The van der Waals surface area contributed by atoms with Crippen molar-refractivity contribution in [3.8, 4) is 34.5 Å². The Balaban J connectivity index is 1.06. The van der Waals surface area contributed by atoms with Gasteiger partial charge in [0.05, 0.1) is 42.8 Å². The van der Waals surface area contributed by atoms with Crippen LogP contribution in [0.5, 0.6) is 17.4 Å². The van der Waals surface area contributed by atoms with Gasteiger partial charge < -0.3 is 33.4 Å². The zero-order valence-corrected chi connectivity index (χ0v) is 29.8. The minimum atomic E-state index is -1.02. The summed E-state index contributed by atoms with van der Waals surface area (Å²) in [6.07, 6.45) is 5.95. The van der Waals surface area contributed by atoms with E-state index in [1.165, 1.54) is 12.1 Å². The summed E-state index contributed by atoms with van der Waals surface area (Å²) in [5, 5.41) is 15.1. The van der Waals surface area contributed by atoms with Gasteiger partial charge in [0.25, 0.3) is 0 Å². The van der Waals surface area contributed by atoms with E-state index in [1.807, 2.05) is 66.9 Å². The van der Waals surface area contributed by atoms with E-state index >= 15 is 0 Å². The van der Waals surface area contributed by atoms with Crippen LogP contribution >= 0.6 is 11.3 Å². The molecule has 3 aromatic heterocycles. The average Bonchev–Trinajstić information content (AvgIpc) is 3.89. The first kappa shape index (κ1) is 34.5. The molecule has 4 heterocycles. The number of morpholine rings is 1. The highest BCUT2D eigenvalue weighted by Gasteiger charge is 2.18. The number of rotatable bonds is 13. The Labute approximate surface area is 304 Å². The standard InChI is InChI=1S/C39H37N5O7S/c1-25-33(40-36(51-25)28-8-7-9-29(21-28)38(45)46)24-49-34-15-12-27(20-35(34)47-3)23-50-37-30(22-44(42-37)31-10-5-4-6-11-31)13-14-32-26(2)52-39(41-32)43-16-18-48-19-17-43/h4-15,20-22H,16-19,23-24H2,1-3H3,(H,45,46). The van der Waals surface area contributed by atoms with Gasteiger partial charge in [0.2, 0.25) is 11.8 Å². The maximum atomic E-state index is 11.4. The van der Waals surface area contributed by atoms with Gasteiger partial charge in [-0.2, -0.15) is 0 Å². The lowest BCUT2D eigenvalue weighted by atomic mass is 10.1. The largest absolute Gasteiger partial charge is 0.493 e. The maximum absolute atomic E-state index is 11.4. The third kappa shape index (κ3) is 7.85. The van der Waals surface area contributed by atoms with Crippen molar-refractivity contribution in [3.05, 3.63) is 118 Å². The summed E-state index contributed by atoms with van der Waals surface area (Å²) in [6, 6.07) is 21.9. The lowest BCUT2D eigenvalue weighted by Gasteiger charge is -2.25. The number of benzene rings is 3. The number of aryl methyl sites for hydroxylation is 2. The summed E-state index contributed by atoms with van der Waals surface area (Å²) < 4.78 is 31.2. The van der Waals surface area contributed by atoms with Gasteiger partial charge in [-0.05, 0) is 74.0 Å². The number of aromatic carboxylic acids is 1. The van der Waals surface area contributed by atoms with E-state index in [-0.39, 0.29) is 18.8 Å². The highest BCUT2D eigenvalue weighted by atomic mass is 32.1. The second-order valence-corrected chi connectivity index (χ2v) is 13.2. The first-order valence-corrected chi connectivity index (χ1v) is 17.5. The van der Waals surface area contributed by atoms with Crippen molar-refractivity contribution >= 4 is 34.6 Å². The summed E-state index contributed by atoms with van der Waals surface area (Å²) in [4.78, 5) is 24.3. The van der Waals surface area contributed by atoms with E-state index in [2.05, 4.69) is 16.8 Å². The Kier molecular flexibility index (Phi) is 10.3. The van der Waals surface area contributed by atoms with Gasteiger partial charge >= 0.3 is 5.97 Å². The van der Waals surface area contributed by atoms with E-state index in [1.54, 1.807) is 42.2 Å². The van der Waals surface area contributed by atoms with Gasteiger partial charge in [0.1, 0.15) is 24.7 Å². The molecular weight excluding hydrogens is 683 g/mol. The molecule has 1 fully saturated rings. The first-order valence-electron chi connectivity index (χ1n) is 16.7. The maximum Gasteiger partial charge on any atom is 0.335 e. The van der Waals surface area contributed by atoms with Crippen molar-refractivity contribution in [1.29, 1.82) is 0 Å². The number of carboxylic acid groups (broad SMARTS) is 1. The number of carbonyl (C=O) groups is 1. The minimum Gasteiger partial charge on any atom is -0.493 e. The highest BCUT2D eigenvalue weighted by Crippen LogP contribution is 2.32. The van der Waals surface area contributed by atoms with E-state index in [0.29, 0.717) is 53.5 Å². The summed E-state index contributed by atoms with van der Waals surface area (Å²) >= 11 is 1.69. The second kappa shape index (κ2) is 15.5. The Morgan fingerprint density at radius 3 is 2.56 bits per heavy atom. The summed E-state index contributed by atoms with van der Waals surface area (Å²) in [7, 11) is 1.58. The molecule has 0 bridgehead atoms. The Morgan fingerprint density at radius 1 is 0.942 bits per heavy atom. The highest BCUT2D eigenvalue weighted by molar-refractivity contribution is 7.15. The molecule has 12 nitrogen and oxygen atoms in total. The van der Waals surface area contributed by atoms with Crippen LogP contribution in [0.2, 0.25) is 0 Å². The van der Waals surface area contributed by atoms with E-state index in [4.69, 9.17) is 33.4 Å². The van der Waals surface area contributed by atoms with Gasteiger partial charge in [-0.3, -0.25) is 0 Å². The first-order chi connectivity index (χ1) is 25.3. The number of hydrogen-bond donors (Lipinski definition) is 1. The molecule has 6 aromatic rings. The van der Waals surface area contributed by atoms with E-state index < -0.39 is 5.97 Å². The average molecular weight is 720 g/mol. The molecule has 1 N–H and O–H groups in total. The molecule has 0 aliphatic carbocycles. The molecule has 0 unspecified atom stereocenters. The fourth-order valence-corrected chi connectivity index (χ4v) is 6.56. The molecule has 52 heavy (non-hydrogen) atoms. The lowest BCUT2D eigenvalue weighted by molar-refractivity contribution is 0.0697. The molecule has 0 spiro atoms. The van der Waals surface area contributed by atoms with Gasteiger partial charge in [-0.25, -0.2) is 19.4 Å². The number of carboxylic acids is 1. The molecule has 3 aromatic carbocycles. The lowest BCUT2D eigenvalue weighted by Crippen LogP contribution is -2.36. The second-order valence-electron chi connectivity index (χ2n) is 12.0. The number of ether oxygens (including phenoxy) is 4. The topological polar surface area (TPSA) is 134 Å². The number of nitrogens with zero attached hydrogens (tertiary/aromatic N) is 5. The van der Waals surface area contributed by atoms with Crippen LogP contribution in [-0.2, 0) is 18.0 Å². The smallest absolute Gasteiger partial charge is 0.335 e. The predicted octanol–water partition coefficient (Wildman–Crippen LogP) is 7.47. The molecule has 0 saturated carbocycles. The SMILES string of the molecule is COc1cc(COc2nn(-c3ccccc3)cc2C=Cc2nc(N3CCOCC3)sc2C)ccc1OCc1nc(-c2cccc(C(=O)O)c2)oc1C. The van der Waals surface area contributed by atoms with Crippen LogP contribution in [0.15, 0.2) is 83.4 Å². The number of para-hydroxylation sites is 1. The fourth-order valence-electron chi connectivity index (χ4n) is 5.61. The quantitative estimate of drug-likeness (QED) is 0.127. The molecule has 13 heteroatoms. The van der Waals surface area contributed by atoms with E-state index in [9.17, 15) is 9.90 Å². The Morgan fingerprint density at radius 2 is 1.77 bits per heavy atom. The van der Waals surface area contributed by atoms with Crippen molar-refractivity contribution < 1.29 is 33.3 Å².